The number of rotatable bonds is 6. The van der Waals surface area contributed by atoms with E-state index >= 15 is 0 Å². The van der Waals surface area contributed by atoms with Gasteiger partial charge in [-0.3, -0.25) is 4.79 Å². The molecule has 0 spiro atoms. The summed E-state index contributed by atoms with van der Waals surface area (Å²) in [5.41, 5.74) is 1.62. The van der Waals surface area contributed by atoms with Gasteiger partial charge in [-0.2, -0.15) is 5.10 Å². The van der Waals surface area contributed by atoms with Crippen LogP contribution in [0, 0.1) is 6.92 Å². The number of thiazole rings is 1. The van der Waals surface area contributed by atoms with Crippen LogP contribution in [0.1, 0.15) is 30.5 Å². The molecule has 0 unspecified atom stereocenters. The van der Waals surface area contributed by atoms with E-state index in [9.17, 15) is 4.79 Å². The monoisotopic (exact) mass is 356 g/mol. The van der Waals surface area contributed by atoms with Crippen molar-refractivity contribution in [1.82, 2.24) is 14.8 Å². The highest BCUT2D eigenvalue weighted by Gasteiger charge is 2.09. The molecule has 108 valence electrons. The van der Waals surface area contributed by atoms with Crippen molar-refractivity contribution in [3.05, 3.63) is 37.1 Å². The summed E-state index contributed by atoms with van der Waals surface area (Å²) >= 11 is 4.95. The second kappa shape index (κ2) is 6.99. The molecule has 7 heteroatoms. The van der Waals surface area contributed by atoms with Gasteiger partial charge in [-0.05, 0) is 29.3 Å². The van der Waals surface area contributed by atoms with E-state index in [4.69, 9.17) is 0 Å². The number of anilines is 1. The largest absolute Gasteiger partial charge is 0.376 e. The third-order valence-corrected chi connectivity index (χ3v) is 4.54. The minimum Gasteiger partial charge on any atom is -0.376 e. The normalized spacial score (nSPS) is 10.8. The SMILES string of the molecule is CCCCn1ncc(NCc2nc(C)cs2)c(Br)c1=O. The van der Waals surface area contributed by atoms with Crippen molar-refractivity contribution in [2.45, 2.75) is 39.8 Å². The summed E-state index contributed by atoms with van der Waals surface area (Å²) in [5.74, 6) is 0. The summed E-state index contributed by atoms with van der Waals surface area (Å²) in [5, 5.41) is 10.4. The van der Waals surface area contributed by atoms with Crippen molar-refractivity contribution < 1.29 is 0 Å². The van der Waals surface area contributed by atoms with Gasteiger partial charge in [-0.1, -0.05) is 13.3 Å². The van der Waals surface area contributed by atoms with E-state index in [2.05, 4.69) is 38.3 Å². The van der Waals surface area contributed by atoms with Crippen LogP contribution < -0.4 is 10.9 Å². The minimum atomic E-state index is -0.0984. The molecule has 0 amide bonds. The lowest BCUT2D eigenvalue weighted by atomic mass is 10.3. The number of nitrogens with one attached hydrogen (secondary N) is 1. The Morgan fingerprint density at radius 2 is 2.30 bits per heavy atom. The van der Waals surface area contributed by atoms with Crippen LogP contribution in [0.15, 0.2) is 20.8 Å². The van der Waals surface area contributed by atoms with Gasteiger partial charge in [0.2, 0.25) is 0 Å². The molecular formula is C13H17BrN4OS. The fraction of sp³-hybridized carbons (Fsp3) is 0.462. The van der Waals surface area contributed by atoms with Gasteiger partial charge in [0.15, 0.2) is 0 Å². The third kappa shape index (κ3) is 3.67. The van der Waals surface area contributed by atoms with Crippen LogP contribution in [0.25, 0.3) is 0 Å². The molecule has 0 aliphatic carbocycles. The molecule has 0 aliphatic rings. The van der Waals surface area contributed by atoms with Crippen molar-refractivity contribution in [3.63, 3.8) is 0 Å². The second-order valence-electron chi connectivity index (χ2n) is 4.49. The molecule has 0 atom stereocenters. The maximum atomic E-state index is 12.1. The zero-order chi connectivity index (χ0) is 14.5. The van der Waals surface area contributed by atoms with Gasteiger partial charge < -0.3 is 5.32 Å². The first kappa shape index (κ1) is 15.2. The predicted octanol–water partition coefficient (Wildman–Crippen LogP) is 3.18. The number of hydrogen-bond acceptors (Lipinski definition) is 5. The molecule has 0 radical (unpaired) electrons. The number of halogens is 1. The van der Waals surface area contributed by atoms with Gasteiger partial charge in [0, 0.05) is 17.6 Å². The van der Waals surface area contributed by atoms with Crippen molar-refractivity contribution >= 4 is 33.0 Å². The Labute approximate surface area is 130 Å². The zero-order valence-electron chi connectivity index (χ0n) is 11.5. The number of hydrogen-bond donors (Lipinski definition) is 1. The molecule has 2 aromatic rings. The lowest BCUT2D eigenvalue weighted by Gasteiger charge is -2.09. The Balaban J connectivity index is 2.09. The Hall–Kier alpha value is -1.21. The highest BCUT2D eigenvalue weighted by molar-refractivity contribution is 9.10. The first-order valence-corrected chi connectivity index (χ1v) is 8.19. The minimum absolute atomic E-state index is 0.0984. The molecule has 0 saturated carbocycles. The number of aryl methyl sites for hydroxylation is 2. The number of unbranched alkanes of at least 4 members (excludes halogenated alkanes) is 1. The molecule has 0 aliphatic heterocycles. The van der Waals surface area contributed by atoms with Crippen molar-refractivity contribution in [2.75, 3.05) is 5.32 Å². The van der Waals surface area contributed by atoms with Crippen LogP contribution in [0.2, 0.25) is 0 Å². The lowest BCUT2D eigenvalue weighted by molar-refractivity contribution is 0.541. The van der Waals surface area contributed by atoms with Crippen LogP contribution in [-0.2, 0) is 13.1 Å². The average molecular weight is 357 g/mol. The van der Waals surface area contributed by atoms with Crippen molar-refractivity contribution in [1.29, 1.82) is 0 Å². The summed E-state index contributed by atoms with van der Waals surface area (Å²) in [7, 11) is 0. The standard InChI is InChI=1S/C13H17BrN4OS/c1-3-4-5-18-13(19)12(14)10(6-16-18)15-7-11-17-9(2)8-20-11/h6,8,15H,3-5,7H2,1-2H3. The molecule has 0 aromatic carbocycles. The van der Waals surface area contributed by atoms with Gasteiger partial charge in [0.05, 0.1) is 18.4 Å². The Morgan fingerprint density at radius 3 is 2.95 bits per heavy atom. The topological polar surface area (TPSA) is 59.8 Å². The molecule has 2 rings (SSSR count). The van der Waals surface area contributed by atoms with Crippen LogP contribution in [-0.4, -0.2) is 14.8 Å². The highest BCUT2D eigenvalue weighted by atomic mass is 79.9. The highest BCUT2D eigenvalue weighted by Crippen LogP contribution is 2.18. The molecule has 1 N–H and O–H groups in total. The van der Waals surface area contributed by atoms with Crippen LogP contribution >= 0.6 is 27.3 Å². The van der Waals surface area contributed by atoms with Crippen LogP contribution in [0.4, 0.5) is 5.69 Å². The Bertz CT molecular complexity index is 638. The van der Waals surface area contributed by atoms with Crippen molar-refractivity contribution in [2.24, 2.45) is 0 Å². The molecule has 5 nitrogen and oxygen atoms in total. The summed E-state index contributed by atoms with van der Waals surface area (Å²) in [4.78, 5) is 16.5. The molecule has 0 saturated heterocycles. The van der Waals surface area contributed by atoms with Crippen molar-refractivity contribution in [3.8, 4) is 0 Å². The first-order chi connectivity index (χ1) is 9.61. The van der Waals surface area contributed by atoms with Gasteiger partial charge in [-0.25, -0.2) is 9.67 Å². The quantitative estimate of drug-likeness (QED) is 0.863. The van der Waals surface area contributed by atoms with E-state index < -0.39 is 0 Å². The van der Waals surface area contributed by atoms with E-state index in [-0.39, 0.29) is 5.56 Å². The first-order valence-electron chi connectivity index (χ1n) is 6.52. The van der Waals surface area contributed by atoms with Gasteiger partial charge in [0.1, 0.15) is 9.48 Å². The number of aromatic nitrogens is 3. The molecule has 2 aromatic heterocycles. The van der Waals surface area contributed by atoms with Gasteiger partial charge in [-0.15, -0.1) is 11.3 Å². The van der Waals surface area contributed by atoms with E-state index in [1.54, 1.807) is 17.5 Å². The number of nitrogens with zero attached hydrogens (tertiary/aromatic N) is 3. The predicted molar refractivity (Wildman–Crippen MR) is 85.3 cm³/mol. The molecular weight excluding hydrogens is 340 g/mol. The molecule has 20 heavy (non-hydrogen) atoms. The third-order valence-electron chi connectivity index (χ3n) is 2.80. The summed E-state index contributed by atoms with van der Waals surface area (Å²) < 4.78 is 2.02. The van der Waals surface area contributed by atoms with E-state index in [1.165, 1.54) is 4.68 Å². The second-order valence-corrected chi connectivity index (χ2v) is 6.23. The molecule has 0 fully saturated rings. The maximum Gasteiger partial charge on any atom is 0.283 e. The molecule has 0 bridgehead atoms. The van der Waals surface area contributed by atoms with E-state index in [0.29, 0.717) is 23.2 Å². The Morgan fingerprint density at radius 1 is 1.50 bits per heavy atom. The summed E-state index contributed by atoms with van der Waals surface area (Å²) in [6.45, 7) is 5.30. The maximum absolute atomic E-state index is 12.1. The van der Waals surface area contributed by atoms with E-state index in [1.807, 2.05) is 12.3 Å². The van der Waals surface area contributed by atoms with Crippen LogP contribution in [0.5, 0.6) is 0 Å². The fourth-order valence-electron chi connectivity index (χ4n) is 1.71. The zero-order valence-corrected chi connectivity index (χ0v) is 13.9. The van der Waals surface area contributed by atoms with Gasteiger partial charge >= 0.3 is 0 Å². The summed E-state index contributed by atoms with van der Waals surface area (Å²) in [6.07, 6.45) is 3.67. The fourth-order valence-corrected chi connectivity index (χ4v) is 2.87. The lowest BCUT2D eigenvalue weighted by Crippen LogP contribution is -2.24. The summed E-state index contributed by atoms with van der Waals surface area (Å²) in [6, 6.07) is 0. The van der Waals surface area contributed by atoms with E-state index in [0.717, 1.165) is 23.5 Å². The average Bonchev–Trinajstić information content (AvgIpc) is 2.85. The molecule has 2 heterocycles. The Kier molecular flexibility index (Phi) is 5.31. The smallest absolute Gasteiger partial charge is 0.283 e. The van der Waals surface area contributed by atoms with Gasteiger partial charge in [0.25, 0.3) is 5.56 Å². The van der Waals surface area contributed by atoms with Crippen LogP contribution in [0.3, 0.4) is 0 Å².